The molecule has 0 bridgehead atoms. The van der Waals surface area contributed by atoms with Gasteiger partial charge in [-0.25, -0.2) is 9.97 Å². The molecule has 134 valence electrons. The Hall–Kier alpha value is -1.65. The number of fused-ring (bicyclic) bond motifs is 1. The molecule has 25 heavy (non-hydrogen) atoms. The van der Waals surface area contributed by atoms with Gasteiger partial charge in [0.25, 0.3) is 0 Å². The third-order valence-electron chi connectivity index (χ3n) is 4.70. The molecule has 3 rings (SSSR count). The van der Waals surface area contributed by atoms with Gasteiger partial charge in [-0.3, -0.25) is 0 Å². The summed E-state index contributed by atoms with van der Waals surface area (Å²) in [7, 11) is 0. The highest BCUT2D eigenvalue weighted by Crippen LogP contribution is 2.36. The summed E-state index contributed by atoms with van der Waals surface area (Å²) in [4.78, 5) is 11.3. The molecule has 0 amide bonds. The van der Waals surface area contributed by atoms with Crippen LogP contribution in [0.3, 0.4) is 0 Å². The molecule has 0 N–H and O–H groups in total. The second-order valence-corrected chi connectivity index (χ2v) is 6.84. The van der Waals surface area contributed by atoms with E-state index < -0.39 is 0 Å². The number of rotatable bonds is 5. The van der Waals surface area contributed by atoms with Crippen molar-refractivity contribution in [1.82, 2.24) is 9.97 Å². The normalized spacial score (nSPS) is 18.4. The Kier molecular flexibility index (Phi) is 5.92. The van der Waals surface area contributed by atoms with E-state index >= 15 is 0 Å². The zero-order valence-corrected chi connectivity index (χ0v) is 16.1. The Morgan fingerprint density at radius 2 is 2.04 bits per heavy atom. The Morgan fingerprint density at radius 1 is 1.28 bits per heavy atom. The number of nitrogens with zero attached hydrogens (tertiary/aromatic N) is 3. The molecular weight excluding hydrogens is 334 g/mol. The van der Waals surface area contributed by atoms with Gasteiger partial charge in [0, 0.05) is 25.1 Å². The number of aromatic nitrogens is 2. The number of halogens is 1. The first-order valence-corrected chi connectivity index (χ1v) is 9.47. The monoisotopic (exact) mass is 359 g/mol. The third kappa shape index (κ3) is 4.13. The van der Waals surface area contributed by atoms with Crippen LogP contribution in [-0.2, 0) is 11.2 Å². The Morgan fingerprint density at radius 3 is 2.72 bits per heavy atom. The van der Waals surface area contributed by atoms with Gasteiger partial charge in [-0.1, -0.05) is 31.6 Å². The van der Waals surface area contributed by atoms with Crippen molar-refractivity contribution in [2.75, 3.05) is 31.2 Å². The maximum Gasteiger partial charge on any atom is 0.224 e. The molecule has 1 aromatic rings. The number of allylic oxidation sites excluding steroid dienone is 5. The Labute approximate surface area is 155 Å². The molecule has 0 radical (unpaired) electrons. The summed E-state index contributed by atoms with van der Waals surface area (Å²) < 4.78 is 5.47. The smallest absolute Gasteiger partial charge is 0.224 e. The molecule has 1 aliphatic heterocycles. The van der Waals surface area contributed by atoms with Gasteiger partial charge in [-0.2, -0.15) is 0 Å². The van der Waals surface area contributed by atoms with Crippen LogP contribution in [0.2, 0.25) is 5.28 Å². The molecule has 0 saturated carbocycles. The first kappa shape index (κ1) is 18.2. The average Bonchev–Trinajstić information content (AvgIpc) is 3.03. The zero-order valence-electron chi connectivity index (χ0n) is 15.3. The average molecular weight is 360 g/mol. The molecule has 5 heteroatoms. The minimum Gasteiger partial charge on any atom is -0.378 e. The molecule has 4 nitrogen and oxygen atoms in total. The highest BCUT2D eigenvalue weighted by molar-refractivity contribution is 6.28. The van der Waals surface area contributed by atoms with Gasteiger partial charge < -0.3 is 9.64 Å². The van der Waals surface area contributed by atoms with Crippen molar-refractivity contribution in [3.8, 4) is 0 Å². The maximum atomic E-state index is 6.20. The van der Waals surface area contributed by atoms with Crippen LogP contribution < -0.4 is 4.90 Å². The lowest BCUT2D eigenvalue weighted by Gasteiger charge is -2.29. The van der Waals surface area contributed by atoms with Crippen molar-refractivity contribution in [3.63, 3.8) is 0 Å². The summed E-state index contributed by atoms with van der Waals surface area (Å²) in [6.45, 7) is 9.71. The minimum atomic E-state index is 0.321. The van der Waals surface area contributed by atoms with Crippen molar-refractivity contribution in [2.24, 2.45) is 0 Å². The Balaban J connectivity index is 1.92. The molecule has 0 atom stereocenters. The van der Waals surface area contributed by atoms with Crippen molar-refractivity contribution in [3.05, 3.63) is 45.4 Å². The molecular formula is C20H26ClN3O. The van der Waals surface area contributed by atoms with Crippen molar-refractivity contribution >= 4 is 23.5 Å². The van der Waals surface area contributed by atoms with Crippen molar-refractivity contribution in [2.45, 2.75) is 40.0 Å². The zero-order chi connectivity index (χ0) is 17.8. The SMILES string of the molecule is CC/C=C(C)/C=C(\CC)C1=Cc2nc(Cl)nc(N3CCOCC3)c2C1. The fraction of sp³-hybridized carbons (Fsp3) is 0.500. The predicted octanol–water partition coefficient (Wildman–Crippen LogP) is 4.60. The summed E-state index contributed by atoms with van der Waals surface area (Å²) in [5.74, 6) is 0.973. The number of ether oxygens (including phenoxy) is 1. The number of hydrogen-bond acceptors (Lipinski definition) is 4. The van der Waals surface area contributed by atoms with Gasteiger partial charge in [-0.05, 0) is 48.6 Å². The van der Waals surface area contributed by atoms with Crippen LogP contribution in [0.5, 0.6) is 0 Å². The molecule has 1 aromatic heterocycles. The molecule has 0 spiro atoms. The summed E-state index contributed by atoms with van der Waals surface area (Å²) in [6, 6.07) is 0. The van der Waals surface area contributed by atoms with Gasteiger partial charge >= 0.3 is 0 Å². The second kappa shape index (κ2) is 8.15. The molecule has 0 unspecified atom stereocenters. The molecule has 1 fully saturated rings. The Bertz CT molecular complexity index is 731. The fourth-order valence-electron chi connectivity index (χ4n) is 3.48. The lowest BCUT2D eigenvalue weighted by molar-refractivity contribution is 0.122. The molecule has 2 heterocycles. The highest BCUT2D eigenvalue weighted by atomic mass is 35.5. The van der Waals surface area contributed by atoms with Crippen LogP contribution in [0.25, 0.3) is 6.08 Å². The van der Waals surface area contributed by atoms with E-state index in [0.29, 0.717) is 5.28 Å². The summed E-state index contributed by atoms with van der Waals surface area (Å²) in [5, 5.41) is 0.321. The number of morpholine rings is 1. The van der Waals surface area contributed by atoms with Crippen molar-refractivity contribution in [1.29, 1.82) is 0 Å². The minimum absolute atomic E-state index is 0.321. The number of anilines is 1. The van der Waals surface area contributed by atoms with E-state index in [9.17, 15) is 0 Å². The van der Waals surface area contributed by atoms with E-state index in [1.165, 1.54) is 22.3 Å². The second-order valence-electron chi connectivity index (χ2n) is 6.51. The summed E-state index contributed by atoms with van der Waals surface area (Å²) >= 11 is 6.20. The molecule has 2 aliphatic rings. The molecule has 0 aromatic carbocycles. The maximum absolute atomic E-state index is 6.20. The van der Waals surface area contributed by atoms with E-state index in [1.807, 2.05) is 0 Å². The van der Waals surface area contributed by atoms with Crippen LogP contribution >= 0.6 is 11.6 Å². The first-order chi connectivity index (χ1) is 12.1. The molecule has 1 aliphatic carbocycles. The summed E-state index contributed by atoms with van der Waals surface area (Å²) in [5.41, 5.74) is 6.16. The van der Waals surface area contributed by atoms with Gasteiger partial charge in [0.1, 0.15) is 5.82 Å². The van der Waals surface area contributed by atoms with E-state index in [2.05, 4.69) is 53.9 Å². The third-order valence-corrected chi connectivity index (χ3v) is 4.87. The van der Waals surface area contributed by atoms with Crippen LogP contribution in [-0.4, -0.2) is 36.3 Å². The quantitative estimate of drug-likeness (QED) is 0.569. The van der Waals surface area contributed by atoms with Gasteiger partial charge in [0.2, 0.25) is 5.28 Å². The molecule has 1 saturated heterocycles. The van der Waals surface area contributed by atoms with Gasteiger partial charge in [-0.15, -0.1) is 0 Å². The van der Waals surface area contributed by atoms with Crippen LogP contribution in [0.1, 0.15) is 44.9 Å². The van der Waals surface area contributed by atoms with Crippen LogP contribution in [0, 0.1) is 0 Å². The predicted molar refractivity (Wildman–Crippen MR) is 104 cm³/mol. The van der Waals surface area contributed by atoms with Crippen molar-refractivity contribution < 1.29 is 4.74 Å². The largest absolute Gasteiger partial charge is 0.378 e. The van der Waals surface area contributed by atoms with Crippen LogP contribution in [0.4, 0.5) is 5.82 Å². The van der Waals surface area contributed by atoms with E-state index in [4.69, 9.17) is 16.3 Å². The lowest BCUT2D eigenvalue weighted by atomic mass is 9.99. The van der Waals surface area contributed by atoms with E-state index in [1.54, 1.807) is 0 Å². The fourth-order valence-corrected chi connectivity index (χ4v) is 3.65. The number of hydrogen-bond donors (Lipinski definition) is 0. The van der Waals surface area contributed by atoms with E-state index in [-0.39, 0.29) is 0 Å². The van der Waals surface area contributed by atoms with Gasteiger partial charge in [0.05, 0.1) is 18.9 Å². The standard InChI is InChI=1S/C20H26ClN3O/c1-4-6-14(3)11-15(5-2)16-12-17-18(13-16)22-20(21)23-19(17)24-7-9-25-10-8-24/h6,11,13H,4-5,7-10,12H2,1-3H3/b14-6+,15-11+. The van der Waals surface area contributed by atoms with E-state index in [0.717, 1.165) is 57.1 Å². The summed E-state index contributed by atoms with van der Waals surface area (Å²) in [6.07, 6.45) is 9.67. The lowest BCUT2D eigenvalue weighted by Crippen LogP contribution is -2.37. The topological polar surface area (TPSA) is 38.2 Å². The van der Waals surface area contributed by atoms with Gasteiger partial charge in [0.15, 0.2) is 0 Å². The van der Waals surface area contributed by atoms with Crippen LogP contribution in [0.15, 0.2) is 28.9 Å². The first-order valence-electron chi connectivity index (χ1n) is 9.09. The highest BCUT2D eigenvalue weighted by Gasteiger charge is 2.25.